The molecule has 26 heavy (non-hydrogen) atoms. The van der Waals surface area contributed by atoms with Crippen molar-refractivity contribution in [2.45, 2.75) is 19.9 Å². The molecule has 7 heteroatoms. The van der Waals surface area contributed by atoms with Crippen molar-refractivity contribution in [1.82, 2.24) is 9.97 Å². The standard InChI is InChI=1S/C19H19Cl2N5/c1-2-16-17(18(22)26-19(23)25-16)12-4-6-13(7-5-12)24-10-11-3-8-14(20)15(21)9-11/h3-9,24H,2,10H2,1H3,(H4,22,23,25,26). The molecule has 0 aliphatic carbocycles. The van der Waals surface area contributed by atoms with Crippen LogP contribution in [0.25, 0.3) is 11.1 Å². The predicted octanol–water partition coefficient (Wildman–Crippen LogP) is 4.79. The normalized spacial score (nSPS) is 10.7. The quantitative estimate of drug-likeness (QED) is 0.585. The first-order valence-corrected chi connectivity index (χ1v) is 8.93. The summed E-state index contributed by atoms with van der Waals surface area (Å²) in [4.78, 5) is 8.37. The largest absolute Gasteiger partial charge is 0.383 e. The summed E-state index contributed by atoms with van der Waals surface area (Å²) in [5.74, 6) is 0.592. The van der Waals surface area contributed by atoms with Crippen molar-refractivity contribution in [1.29, 1.82) is 0 Å². The average molecular weight is 388 g/mol. The Bertz CT molecular complexity index is 926. The van der Waals surface area contributed by atoms with Crippen molar-refractivity contribution in [3.63, 3.8) is 0 Å². The molecule has 0 aliphatic rings. The predicted molar refractivity (Wildman–Crippen MR) is 109 cm³/mol. The molecule has 0 amide bonds. The van der Waals surface area contributed by atoms with Gasteiger partial charge in [0.05, 0.1) is 15.7 Å². The SMILES string of the molecule is CCc1nc(N)nc(N)c1-c1ccc(NCc2ccc(Cl)c(Cl)c2)cc1. The molecule has 5 N–H and O–H groups in total. The summed E-state index contributed by atoms with van der Waals surface area (Å²) in [5, 5.41) is 4.45. The van der Waals surface area contributed by atoms with E-state index in [0.717, 1.165) is 34.5 Å². The van der Waals surface area contributed by atoms with Gasteiger partial charge in [0, 0.05) is 17.8 Å². The van der Waals surface area contributed by atoms with Crippen LogP contribution < -0.4 is 16.8 Å². The van der Waals surface area contributed by atoms with E-state index < -0.39 is 0 Å². The summed E-state index contributed by atoms with van der Waals surface area (Å²) in [7, 11) is 0. The van der Waals surface area contributed by atoms with E-state index in [2.05, 4.69) is 15.3 Å². The van der Waals surface area contributed by atoms with Gasteiger partial charge in [-0.15, -0.1) is 0 Å². The lowest BCUT2D eigenvalue weighted by Crippen LogP contribution is -2.06. The van der Waals surface area contributed by atoms with Gasteiger partial charge in [0.2, 0.25) is 5.95 Å². The molecule has 5 nitrogen and oxygen atoms in total. The van der Waals surface area contributed by atoms with Gasteiger partial charge in [0.1, 0.15) is 5.82 Å². The van der Waals surface area contributed by atoms with Gasteiger partial charge in [0.25, 0.3) is 0 Å². The van der Waals surface area contributed by atoms with Gasteiger partial charge in [-0.3, -0.25) is 0 Å². The van der Waals surface area contributed by atoms with E-state index in [1.54, 1.807) is 6.07 Å². The molecule has 0 fully saturated rings. The number of nitrogens with zero attached hydrogens (tertiary/aromatic N) is 2. The fourth-order valence-electron chi connectivity index (χ4n) is 2.73. The highest BCUT2D eigenvalue weighted by Crippen LogP contribution is 2.30. The second-order valence-electron chi connectivity index (χ2n) is 5.82. The smallest absolute Gasteiger partial charge is 0.222 e. The van der Waals surface area contributed by atoms with E-state index in [1.807, 2.05) is 43.3 Å². The second kappa shape index (κ2) is 7.81. The van der Waals surface area contributed by atoms with Crippen LogP contribution in [0.15, 0.2) is 42.5 Å². The zero-order valence-corrected chi connectivity index (χ0v) is 15.8. The Balaban J connectivity index is 1.78. The molecule has 1 aromatic heterocycles. The summed E-state index contributed by atoms with van der Waals surface area (Å²) < 4.78 is 0. The molecule has 2 aromatic carbocycles. The molecule has 0 aliphatic heterocycles. The maximum absolute atomic E-state index is 6.06. The molecule has 0 unspecified atom stereocenters. The van der Waals surface area contributed by atoms with Crippen LogP contribution >= 0.6 is 23.2 Å². The summed E-state index contributed by atoms with van der Waals surface area (Å²) in [5.41, 5.74) is 16.4. The molecule has 3 rings (SSSR count). The number of nitrogens with one attached hydrogen (secondary N) is 1. The average Bonchev–Trinajstić information content (AvgIpc) is 2.62. The summed E-state index contributed by atoms with van der Waals surface area (Å²) >= 11 is 12.0. The number of hydrogen-bond acceptors (Lipinski definition) is 5. The van der Waals surface area contributed by atoms with Crippen LogP contribution in [-0.4, -0.2) is 9.97 Å². The number of halogens is 2. The molecule has 0 radical (unpaired) electrons. The van der Waals surface area contributed by atoms with E-state index in [-0.39, 0.29) is 5.95 Å². The van der Waals surface area contributed by atoms with Crippen LogP contribution in [0.5, 0.6) is 0 Å². The van der Waals surface area contributed by atoms with Crippen LogP contribution in [-0.2, 0) is 13.0 Å². The molecule has 0 saturated carbocycles. The molecular weight excluding hydrogens is 369 g/mol. The lowest BCUT2D eigenvalue weighted by Gasteiger charge is -2.12. The summed E-state index contributed by atoms with van der Waals surface area (Å²) in [6.07, 6.45) is 0.726. The van der Waals surface area contributed by atoms with Gasteiger partial charge in [-0.25, -0.2) is 4.98 Å². The molecule has 0 atom stereocenters. The molecule has 1 heterocycles. The highest BCUT2D eigenvalue weighted by atomic mass is 35.5. The van der Waals surface area contributed by atoms with Gasteiger partial charge < -0.3 is 16.8 Å². The topological polar surface area (TPSA) is 89.8 Å². The van der Waals surface area contributed by atoms with Crippen LogP contribution in [0.4, 0.5) is 17.5 Å². The minimum atomic E-state index is 0.197. The van der Waals surface area contributed by atoms with E-state index in [0.29, 0.717) is 22.4 Å². The van der Waals surface area contributed by atoms with Gasteiger partial charge in [-0.2, -0.15) is 4.98 Å². The fraction of sp³-hybridized carbons (Fsp3) is 0.158. The minimum absolute atomic E-state index is 0.197. The molecule has 0 spiro atoms. The molecule has 3 aromatic rings. The number of rotatable bonds is 5. The third kappa shape index (κ3) is 4.00. The highest BCUT2D eigenvalue weighted by Gasteiger charge is 2.12. The van der Waals surface area contributed by atoms with Crippen LogP contribution in [0.3, 0.4) is 0 Å². The van der Waals surface area contributed by atoms with Gasteiger partial charge in [0.15, 0.2) is 0 Å². The van der Waals surface area contributed by atoms with Crippen molar-refractivity contribution in [2.24, 2.45) is 0 Å². The lowest BCUT2D eigenvalue weighted by molar-refractivity contribution is 1.02. The Hall–Kier alpha value is -2.50. The third-order valence-electron chi connectivity index (χ3n) is 4.02. The molecule has 0 saturated heterocycles. The molecule has 134 valence electrons. The number of hydrogen-bond donors (Lipinski definition) is 3. The van der Waals surface area contributed by atoms with Crippen molar-refractivity contribution in [3.8, 4) is 11.1 Å². The Morgan fingerprint density at radius 1 is 0.962 bits per heavy atom. The van der Waals surface area contributed by atoms with E-state index in [4.69, 9.17) is 34.7 Å². The first kappa shape index (κ1) is 18.3. The van der Waals surface area contributed by atoms with Crippen molar-refractivity contribution < 1.29 is 0 Å². The number of aryl methyl sites for hydroxylation is 1. The monoisotopic (exact) mass is 387 g/mol. The van der Waals surface area contributed by atoms with Crippen LogP contribution in [0.1, 0.15) is 18.2 Å². The van der Waals surface area contributed by atoms with Gasteiger partial charge >= 0.3 is 0 Å². The first-order valence-electron chi connectivity index (χ1n) is 8.18. The number of aromatic nitrogens is 2. The summed E-state index contributed by atoms with van der Waals surface area (Å²) in [6.45, 7) is 2.65. The van der Waals surface area contributed by atoms with Gasteiger partial charge in [-0.05, 0) is 41.8 Å². The molecule has 0 bridgehead atoms. The van der Waals surface area contributed by atoms with Crippen molar-refractivity contribution in [2.75, 3.05) is 16.8 Å². The number of nitrogens with two attached hydrogens (primary N) is 2. The van der Waals surface area contributed by atoms with Crippen molar-refractivity contribution >= 4 is 40.7 Å². The maximum Gasteiger partial charge on any atom is 0.222 e. The van der Waals surface area contributed by atoms with Gasteiger partial charge in [-0.1, -0.05) is 48.3 Å². The number of benzene rings is 2. The van der Waals surface area contributed by atoms with Crippen LogP contribution in [0, 0.1) is 0 Å². The zero-order valence-electron chi connectivity index (χ0n) is 14.3. The number of nitrogen functional groups attached to an aromatic ring is 2. The highest BCUT2D eigenvalue weighted by molar-refractivity contribution is 6.42. The van der Waals surface area contributed by atoms with Crippen LogP contribution in [0.2, 0.25) is 10.0 Å². The fourth-order valence-corrected chi connectivity index (χ4v) is 3.05. The second-order valence-corrected chi connectivity index (χ2v) is 6.64. The molecular formula is C19H19Cl2N5. The Morgan fingerprint density at radius 3 is 2.35 bits per heavy atom. The third-order valence-corrected chi connectivity index (χ3v) is 4.76. The van der Waals surface area contributed by atoms with E-state index in [9.17, 15) is 0 Å². The zero-order chi connectivity index (χ0) is 18.7. The lowest BCUT2D eigenvalue weighted by atomic mass is 10.0. The van der Waals surface area contributed by atoms with E-state index in [1.165, 1.54) is 0 Å². The Kier molecular flexibility index (Phi) is 5.49. The maximum atomic E-state index is 6.06. The Morgan fingerprint density at radius 2 is 1.69 bits per heavy atom. The summed E-state index contributed by atoms with van der Waals surface area (Å²) in [6, 6.07) is 13.5. The number of anilines is 3. The Labute approximate surface area is 162 Å². The van der Waals surface area contributed by atoms with Crippen molar-refractivity contribution in [3.05, 3.63) is 63.8 Å². The first-order chi connectivity index (χ1) is 12.5. The minimum Gasteiger partial charge on any atom is -0.383 e. The van der Waals surface area contributed by atoms with E-state index >= 15 is 0 Å².